The molecule has 0 aromatic heterocycles. The lowest BCUT2D eigenvalue weighted by molar-refractivity contribution is -0.121. The third-order valence-electron chi connectivity index (χ3n) is 2.11. The minimum atomic E-state index is -0.0997. The van der Waals surface area contributed by atoms with Gasteiger partial charge in [0.25, 0.3) is 0 Å². The molecule has 0 radical (unpaired) electrons. The minimum Gasteiger partial charge on any atom is -0.497 e. The molecule has 0 unspecified atom stereocenters. The summed E-state index contributed by atoms with van der Waals surface area (Å²) in [4.78, 5) is 11.2. The molecule has 5 heteroatoms. The Morgan fingerprint density at radius 2 is 2.06 bits per heavy atom. The minimum absolute atomic E-state index is 0.0997. The number of methoxy groups -OCH3 is 1. The molecule has 0 aliphatic heterocycles. The highest BCUT2D eigenvalue weighted by Crippen LogP contribution is 2.10. The van der Waals surface area contributed by atoms with E-state index in [1.807, 2.05) is 29.7 Å². The van der Waals surface area contributed by atoms with Gasteiger partial charge in [-0.05, 0) is 17.7 Å². The molecule has 1 amide bonds. The number of carbonyl (C=O) groups is 1. The molecule has 0 heterocycles. The van der Waals surface area contributed by atoms with Gasteiger partial charge in [0.1, 0.15) is 5.75 Å². The van der Waals surface area contributed by atoms with Gasteiger partial charge in [-0.3, -0.25) is 4.79 Å². The van der Waals surface area contributed by atoms with Gasteiger partial charge in [0, 0.05) is 19.5 Å². The summed E-state index contributed by atoms with van der Waals surface area (Å²) in [7, 11) is 1.61. The summed E-state index contributed by atoms with van der Waals surface area (Å²) in [5.41, 5.74) is 2.94. The molecule has 1 aromatic rings. The highest BCUT2D eigenvalue weighted by Gasteiger charge is 2.00. The number of hydroxylamine groups is 1. The number of ether oxygens (including phenoxy) is 1. The molecule has 88 valence electrons. The van der Waals surface area contributed by atoms with E-state index in [4.69, 9.17) is 9.94 Å². The molecule has 0 bridgehead atoms. The van der Waals surface area contributed by atoms with Crippen molar-refractivity contribution in [3.05, 3.63) is 29.8 Å². The van der Waals surface area contributed by atoms with Crippen LogP contribution in [0.5, 0.6) is 5.75 Å². The third kappa shape index (κ3) is 4.29. The van der Waals surface area contributed by atoms with Crippen molar-refractivity contribution in [3.8, 4) is 5.75 Å². The summed E-state index contributed by atoms with van der Waals surface area (Å²) >= 11 is 0. The van der Waals surface area contributed by atoms with E-state index < -0.39 is 0 Å². The fourth-order valence-corrected chi connectivity index (χ4v) is 1.20. The van der Waals surface area contributed by atoms with Crippen molar-refractivity contribution in [1.82, 2.24) is 10.8 Å². The van der Waals surface area contributed by atoms with Gasteiger partial charge in [-0.1, -0.05) is 12.1 Å². The summed E-state index contributed by atoms with van der Waals surface area (Å²) in [6.45, 7) is 0.739. The van der Waals surface area contributed by atoms with E-state index in [9.17, 15) is 4.79 Å². The van der Waals surface area contributed by atoms with E-state index in [1.54, 1.807) is 7.11 Å². The lowest BCUT2D eigenvalue weighted by Crippen LogP contribution is -2.26. The van der Waals surface area contributed by atoms with E-state index in [-0.39, 0.29) is 18.9 Å². The van der Waals surface area contributed by atoms with Crippen LogP contribution in [0.2, 0.25) is 0 Å². The van der Waals surface area contributed by atoms with Gasteiger partial charge in [0.2, 0.25) is 5.91 Å². The third-order valence-corrected chi connectivity index (χ3v) is 2.11. The molecular weight excluding hydrogens is 208 g/mol. The first-order valence-electron chi connectivity index (χ1n) is 5.03. The molecule has 1 rings (SSSR count). The number of carbonyl (C=O) groups excluding carboxylic acids is 1. The van der Waals surface area contributed by atoms with Crippen molar-refractivity contribution in [2.45, 2.75) is 13.0 Å². The number of benzene rings is 1. The molecule has 16 heavy (non-hydrogen) atoms. The Kier molecular flexibility index (Phi) is 5.31. The molecular formula is C11H16N2O3. The van der Waals surface area contributed by atoms with Crippen LogP contribution in [0.3, 0.4) is 0 Å². The zero-order valence-corrected chi connectivity index (χ0v) is 9.19. The maximum absolute atomic E-state index is 11.2. The van der Waals surface area contributed by atoms with Crippen LogP contribution in [0.4, 0.5) is 0 Å². The van der Waals surface area contributed by atoms with E-state index in [0.717, 1.165) is 11.3 Å². The smallest absolute Gasteiger partial charge is 0.221 e. The molecule has 5 nitrogen and oxygen atoms in total. The number of amides is 1. The number of nitrogens with one attached hydrogen (secondary N) is 2. The Bertz CT molecular complexity index is 325. The van der Waals surface area contributed by atoms with Crippen LogP contribution < -0.4 is 15.5 Å². The van der Waals surface area contributed by atoms with Crippen LogP contribution in [0, 0.1) is 0 Å². The fraction of sp³-hybridized carbons (Fsp3) is 0.364. The van der Waals surface area contributed by atoms with E-state index >= 15 is 0 Å². The number of hydrogen-bond acceptors (Lipinski definition) is 4. The van der Waals surface area contributed by atoms with Crippen LogP contribution in [-0.4, -0.2) is 24.8 Å². The highest BCUT2D eigenvalue weighted by atomic mass is 16.5. The van der Waals surface area contributed by atoms with Crippen LogP contribution in [0.15, 0.2) is 24.3 Å². The van der Waals surface area contributed by atoms with Crippen LogP contribution in [-0.2, 0) is 11.3 Å². The lowest BCUT2D eigenvalue weighted by atomic mass is 10.2. The summed E-state index contributed by atoms with van der Waals surface area (Å²) in [6, 6.07) is 7.47. The maximum atomic E-state index is 11.2. The first-order valence-corrected chi connectivity index (χ1v) is 5.03. The molecule has 0 saturated carbocycles. The maximum Gasteiger partial charge on any atom is 0.221 e. The van der Waals surface area contributed by atoms with E-state index in [1.165, 1.54) is 0 Å². The second kappa shape index (κ2) is 6.81. The van der Waals surface area contributed by atoms with Gasteiger partial charge in [0.05, 0.1) is 7.11 Å². The average Bonchev–Trinajstić information content (AvgIpc) is 2.34. The fourth-order valence-electron chi connectivity index (χ4n) is 1.20. The second-order valence-corrected chi connectivity index (χ2v) is 3.28. The first-order chi connectivity index (χ1) is 7.76. The Morgan fingerprint density at radius 3 is 2.62 bits per heavy atom. The van der Waals surface area contributed by atoms with Gasteiger partial charge in [-0.15, -0.1) is 0 Å². The van der Waals surface area contributed by atoms with Crippen LogP contribution in [0.1, 0.15) is 12.0 Å². The Labute approximate surface area is 94.4 Å². The predicted molar refractivity (Wildman–Crippen MR) is 59.2 cm³/mol. The standard InChI is InChI=1S/C11H16N2O3/c1-16-10-4-2-9(3-5-10)8-12-11(14)6-7-13-15/h2-5,13,15H,6-8H2,1H3,(H,12,14). The van der Waals surface area contributed by atoms with Crippen molar-refractivity contribution < 1.29 is 14.7 Å². The molecule has 0 aliphatic rings. The monoisotopic (exact) mass is 224 g/mol. The summed E-state index contributed by atoms with van der Waals surface area (Å²) in [6.07, 6.45) is 0.257. The van der Waals surface area contributed by atoms with Gasteiger partial charge >= 0.3 is 0 Å². The summed E-state index contributed by atoms with van der Waals surface area (Å²) in [5.74, 6) is 0.692. The van der Waals surface area contributed by atoms with Gasteiger partial charge in [-0.2, -0.15) is 0 Å². The zero-order chi connectivity index (χ0) is 11.8. The van der Waals surface area contributed by atoms with Crippen molar-refractivity contribution in [2.75, 3.05) is 13.7 Å². The van der Waals surface area contributed by atoms with Crippen molar-refractivity contribution in [1.29, 1.82) is 0 Å². The van der Waals surface area contributed by atoms with Crippen molar-refractivity contribution in [3.63, 3.8) is 0 Å². The van der Waals surface area contributed by atoms with Gasteiger partial charge < -0.3 is 15.3 Å². The molecule has 0 aliphatic carbocycles. The SMILES string of the molecule is COc1ccc(CNC(=O)CCNO)cc1. The Balaban J connectivity index is 2.33. The van der Waals surface area contributed by atoms with Crippen molar-refractivity contribution >= 4 is 5.91 Å². The quantitative estimate of drug-likeness (QED) is 0.621. The zero-order valence-electron chi connectivity index (χ0n) is 9.19. The first kappa shape index (κ1) is 12.5. The number of hydrogen-bond donors (Lipinski definition) is 3. The van der Waals surface area contributed by atoms with E-state index in [0.29, 0.717) is 6.54 Å². The van der Waals surface area contributed by atoms with Crippen LogP contribution in [0.25, 0.3) is 0 Å². The molecule has 1 aromatic carbocycles. The van der Waals surface area contributed by atoms with Crippen LogP contribution >= 0.6 is 0 Å². The Morgan fingerprint density at radius 1 is 1.38 bits per heavy atom. The molecule has 0 saturated heterocycles. The predicted octanol–water partition coefficient (Wildman–Crippen LogP) is 0.680. The average molecular weight is 224 g/mol. The topological polar surface area (TPSA) is 70.6 Å². The summed E-state index contributed by atoms with van der Waals surface area (Å²) < 4.78 is 5.02. The molecule has 0 spiro atoms. The number of rotatable bonds is 6. The summed E-state index contributed by atoms with van der Waals surface area (Å²) in [5, 5.41) is 11.1. The second-order valence-electron chi connectivity index (χ2n) is 3.28. The Hall–Kier alpha value is -1.59. The molecule has 0 fully saturated rings. The largest absolute Gasteiger partial charge is 0.497 e. The normalized spacial score (nSPS) is 9.88. The van der Waals surface area contributed by atoms with Crippen molar-refractivity contribution in [2.24, 2.45) is 0 Å². The lowest BCUT2D eigenvalue weighted by Gasteiger charge is -2.05. The molecule has 0 atom stereocenters. The highest BCUT2D eigenvalue weighted by molar-refractivity contribution is 5.76. The van der Waals surface area contributed by atoms with Gasteiger partial charge in [-0.25, -0.2) is 5.48 Å². The molecule has 3 N–H and O–H groups in total. The van der Waals surface area contributed by atoms with Gasteiger partial charge in [0.15, 0.2) is 0 Å². The van der Waals surface area contributed by atoms with E-state index in [2.05, 4.69) is 5.32 Å².